The lowest BCUT2D eigenvalue weighted by molar-refractivity contribution is -0.122. The summed E-state index contributed by atoms with van der Waals surface area (Å²) in [7, 11) is 0. The van der Waals surface area contributed by atoms with Gasteiger partial charge < -0.3 is 0 Å². The maximum Gasteiger partial charge on any atom is 0.299 e. The Kier molecular flexibility index (Phi) is 2.60. The average molecular weight is 237 g/mol. The van der Waals surface area contributed by atoms with Gasteiger partial charge in [0.15, 0.2) is 0 Å². The molecule has 0 spiro atoms. The van der Waals surface area contributed by atoms with E-state index in [4.69, 9.17) is 5.84 Å². The molecule has 88 valence electrons. The fourth-order valence-corrected chi connectivity index (χ4v) is 1.61. The molecule has 1 heterocycles. The number of nitrogens with zero attached hydrogens (tertiary/aromatic N) is 1. The van der Waals surface area contributed by atoms with Crippen molar-refractivity contribution < 1.29 is 18.8 Å². The van der Waals surface area contributed by atoms with E-state index in [1.165, 1.54) is 6.07 Å². The number of rotatable bonds is 2. The van der Waals surface area contributed by atoms with Gasteiger partial charge in [-0.25, -0.2) is 10.2 Å². The second kappa shape index (κ2) is 3.95. The molecule has 1 aromatic carbocycles. The molecule has 17 heavy (non-hydrogen) atoms. The summed E-state index contributed by atoms with van der Waals surface area (Å²) in [4.78, 5) is 35.0. The van der Waals surface area contributed by atoms with Crippen molar-refractivity contribution in [2.24, 2.45) is 5.84 Å². The summed E-state index contributed by atoms with van der Waals surface area (Å²) in [5, 5.41) is 0. The molecule has 7 heteroatoms. The summed E-state index contributed by atoms with van der Waals surface area (Å²) in [6.45, 7) is -0.419. The molecule has 1 aromatic rings. The van der Waals surface area contributed by atoms with Crippen molar-refractivity contribution in [1.82, 2.24) is 5.43 Å². The van der Waals surface area contributed by atoms with Crippen LogP contribution < -0.4 is 16.2 Å². The fraction of sp³-hybridized carbons (Fsp3) is 0.100. The molecule has 0 atom stereocenters. The fourth-order valence-electron chi connectivity index (χ4n) is 1.61. The summed E-state index contributed by atoms with van der Waals surface area (Å²) in [5.74, 6) is 2.01. The molecule has 0 unspecified atom stereocenters. The van der Waals surface area contributed by atoms with Crippen LogP contribution in [0.25, 0.3) is 0 Å². The van der Waals surface area contributed by atoms with E-state index in [2.05, 4.69) is 0 Å². The van der Waals surface area contributed by atoms with Crippen molar-refractivity contribution >= 4 is 23.3 Å². The Morgan fingerprint density at radius 1 is 1.41 bits per heavy atom. The van der Waals surface area contributed by atoms with E-state index in [0.29, 0.717) is 0 Å². The van der Waals surface area contributed by atoms with Crippen molar-refractivity contribution in [3.8, 4) is 0 Å². The molecule has 0 aromatic heterocycles. The molecule has 0 saturated heterocycles. The van der Waals surface area contributed by atoms with Gasteiger partial charge in [0.2, 0.25) is 0 Å². The third kappa shape index (κ3) is 1.76. The number of fused-ring (bicyclic) bond motifs is 1. The normalized spacial score (nSPS) is 13.9. The lowest BCUT2D eigenvalue weighted by atomic mass is 10.1. The van der Waals surface area contributed by atoms with Crippen LogP contribution >= 0.6 is 0 Å². The quantitative estimate of drug-likeness (QED) is 0.309. The first-order chi connectivity index (χ1) is 8.04. The van der Waals surface area contributed by atoms with Gasteiger partial charge in [-0.05, 0) is 18.2 Å². The zero-order valence-corrected chi connectivity index (χ0v) is 8.57. The number of nitrogens with two attached hydrogens (primary N) is 1. The largest absolute Gasteiger partial charge is 0.299 e. The summed E-state index contributed by atoms with van der Waals surface area (Å²) >= 11 is 0. The highest BCUT2D eigenvalue weighted by atomic mass is 19.1. The van der Waals surface area contributed by atoms with Crippen molar-refractivity contribution in [2.75, 3.05) is 11.4 Å². The van der Waals surface area contributed by atoms with Crippen molar-refractivity contribution in [3.05, 3.63) is 29.6 Å². The average Bonchev–Trinajstić information content (AvgIpc) is 2.54. The minimum Gasteiger partial charge on any atom is -0.295 e. The van der Waals surface area contributed by atoms with Crippen LogP contribution in [0, 0.1) is 5.82 Å². The number of benzene rings is 1. The molecule has 2 amide bonds. The molecule has 6 nitrogen and oxygen atoms in total. The van der Waals surface area contributed by atoms with Crippen LogP contribution in [0.5, 0.6) is 0 Å². The van der Waals surface area contributed by atoms with E-state index in [0.717, 1.165) is 17.0 Å². The SMILES string of the molecule is NNC(=O)CN1C(=O)C(=O)c2ccc(F)cc21. The molecular weight excluding hydrogens is 229 g/mol. The Hall–Kier alpha value is -2.28. The number of ketones is 1. The van der Waals surface area contributed by atoms with Gasteiger partial charge in [-0.3, -0.25) is 24.7 Å². The highest BCUT2D eigenvalue weighted by Gasteiger charge is 2.36. The lowest BCUT2D eigenvalue weighted by Gasteiger charge is -2.14. The molecule has 0 bridgehead atoms. The maximum absolute atomic E-state index is 13.0. The van der Waals surface area contributed by atoms with E-state index in [1.54, 1.807) is 0 Å². The lowest BCUT2D eigenvalue weighted by Crippen LogP contribution is -2.42. The number of amides is 2. The van der Waals surface area contributed by atoms with Gasteiger partial charge in [-0.1, -0.05) is 0 Å². The number of hydrazine groups is 1. The van der Waals surface area contributed by atoms with E-state index in [1.807, 2.05) is 5.43 Å². The highest BCUT2D eigenvalue weighted by Crippen LogP contribution is 2.29. The third-order valence-corrected chi connectivity index (χ3v) is 2.40. The number of nitrogens with one attached hydrogen (secondary N) is 1. The molecule has 0 radical (unpaired) electrons. The van der Waals surface area contributed by atoms with Crippen LogP contribution in [0.1, 0.15) is 10.4 Å². The number of hydrogen-bond donors (Lipinski definition) is 2. The van der Waals surface area contributed by atoms with E-state index < -0.39 is 30.0 Å². The Morgan fingerprint density at radius 3 is 2.76 bits per heavy atom. The number of carbonyl (C=O) groups excluding carboxylic acids is 3. The van der Waals surface area contributed by atoms with Gasteiger partial charge >= 0.3 is 0 Å². The minimum atomic E-state index is -0.866. The van der Waals surface area contributed by atoms with Gasteiger partial charge in [-0.2, -0.15) is 0 Å². The summed E-state index contributed by atoms with van der Waals surface area (Å²) < 4.78 is 13.0. The molecule has 0 aliphatic carbocycles. The molecule has 0 saturated carbocycles. The first kappa shape index (κ1) is 11.2. The smallest absolute Gasteiger partial charge is 0.295 e. The second-order valence-corrected chi connectivity index (χ2v) is 3.45. The van der Waals surface area contributed by atoms with Crippen molar-refractivity contribution in [2.45, 2.75) is 0 Å². The predicted octanol–water partition coefficient (Wildman–Crippen LogP) is -0.655. The first-order valence-electron chi connectivity index (χ1n) is 4.70. The Balaban J connectivity index is 2.42. The van der Waals surface area contributed by atoms with Crippen molar-refractivity contribution in [3.63, 3.8) is 0 Å². The molecule has 0 fully saturated rings. The van der Waals surface area contributed by atoms with Crippen LogP contribution in [0.2, 0.25) is 0 Å². The molecule has 1 aliphatic heterocycles. The first-order valence-corrected chi connectivity index (χ1v) is 4.70. The van der Waals surface area contributed by atoms with E-state index in [9.17, 15) is 18.8 Å². The zero-order chi connectivity index (χ0) is 12.6. The van der Waals surface area contributed by atoms with Crippen LogP contribution in [0.3, 0.4) is 0 Å². The van der Waals surface area contributed by atoms with E-state index >= 15 is 0 Å². The van der Waals surface area contributed by atoms with E-state index in [-0.39, 0.29) is 11.3 Å². The molecule has 3 N–H and O–H groups in total. The zero-order valence-electron chi connectivity index (χ0n) is 8.57. The minimum absolute atomic E-state index is 0.0845. The van der Waals surface area contributed by atoms with Crippen LogP contribution in [0.15, 0.2) is 18.2 Å². The standard InChI is InChI=1S/C10H8FN3O3/c11-5-1-2-6-7(3-5)14(4-8(15)13-12)10(17)9(6)16/h1-3H,4,12H2,(H,13,15). The third-order valence-electron chi connectivity index (χ3n) is 2.40. The Bertz CT molecular complexity index is 530. The summed E-state index contributed by atoms with van der Waals surface area (Å²) in [5.41, 5.74) is 2.01. The Labute approximate surface area is 95.2 Å². The number of anilines is 1. The topological polar surface area (TPSA) is 92.5 Å². The van der Waals surface area contributed by atoms with Crippen LogP contribution in [0.4, 0.5) is 10.1 Å². The van der Waals surface area contributed by atoms with Gasteiger partial charge in [0.25, 0.3) is 17.6 Å². The van der Waals surface area contributed by atoms with Gasteiger partial charge in [0, 0.05) is 0 Å². The number of Topliss-reactive ketones (excluding diaryl/α,β-unsaturated/α-hetero) is 1. The van der Waals surface area contributed by atoms with Crippen LogP contribution in [-0.4, -0.2) is 24.1 Å². The van der Waals surface area contributed by atoms with Crippen LogP contribution in [-0.2, 0) is 9.59 Å². The number of hydrogen-bond acceptors (Lipinski definition) is 4. The van der Waals surface area contributed by atoms with Crippen molar-refractivity contribution in [1.29, 1.82) is 0 Å². The van der Waals surface area contributed by atoms with Gasteiger partial charge in [-0.15, -0.1) is 0 Å². The second-order valence-electron chi connectivity index (χ2n) is 3.45. The van der Waals surface area contributed by atoms with Gasteiger partial charge in [0.05, 0.1) is 11.3 Å². The molecule has 2 rings (SSSR count). The maximum atomic E-state index is 13.0. The van der Waals surface area contributed by atoms with Gasteiger partial charge in [0.1, 0.15) is 12.4 Å². The molecular formula is C10H8FN3O3. The molecule has 1 aliphatic rings. The predicted molar refractivity (Wildman–Crippen MR) is 55.4 cm³/mol. The summed E-state index contributed by atoms with van der Waals surface area (Å²) in [6, 6.07) is 3.32. The monoisotopic (exact) mass is 237 g/mol. The Morgan fingerprint density at radius 2 is 2.12 bits per heavy atom. The number of halogens is 1. The highest BCUT2D eigenvalue weighted by molar-refractivity contribution is 6.52. The number of carbonyl (C=O) groups is 3. The summed E-state index contributed by atoms with van der Waals surface area (Å²) in [6.07, 6.45) is 0.